The summed E-state index contributed by atoms with van der Waals surface area (Å²) in [7, 11) is -3.82. The van der Waals surface area contributed by atoms with E-state index in [2.05, 4.69) is 43.8 Å². The van der Waals surface area contributed by atoms with Gasteiger partial charge >= 0.3 is 0 Å². The molecule has 190 valence electrons. The van der Waals surface area contributed by atoms with Crippen LogP contribution in [0.3, 0.4) is 0 Å². The number of anilines is 1. The average molecular weight is 647 g/mol. The zero-order chi connectivity index (χ0) is 25.1. The van der Waals surface area contributed by atoms with Crippen LogP contribution in [0.1, 0.15) is 22.4 Å². The number of imidazole rings is 1. The molecule has 1 aliphatic rings. The first kappa shape index (κ1) is 27.1. The maximum absolute atomic E-state index is 14.0. The number of benzene rings is 2. The molecule has 0 saturated carbocycles. The van der Waals surface area contributed by atoms with Gasteiger partial charge in [-0.3, -0.25) is 7.76 Å². The number of sulfonamides is 1. The van der Waals surface area contributed by atoms with Gasteiger partial charge in [-0.05, 0) is 53.9 Å². The second-order valence-electron chi connectivity index (χ2n) is 8.63. The van der Waals surface area contributed by atoms with Crippen LogP contribution in [0.5, 0.6) is 0 Å². The van der Waals surface area contributed by atoms with Crippen molar-refractivity contribution < 1.29 is 8.42 Å². The summed E-state index contributed by atoms with van der Waals surface area (Å²) in [5.74, 6) is 0. The Morgan fingerprint density at radius 1 is 1.14 bits per heavy atom. The molecule has 8 nitrogen and oxygen atoms in total. The molecule has 1 unspecified atom stereocenters. The maximum atomic E-state index is 14.0. The molecule has 5 rings (SSSR count). The van der Waals surface area contributed by atoms with Gasteiger partial charge in [0.1, 0.15) is 6.33 Å². The molecule has 0 amide bonds. The molecule has 0 spiro atoms. The van der Waals surface area contributed by atoms with Crippen molar-refractivity contribution in [2.45, 2.75) is 30.4 Å². The van der Waals surface area contributed by atoms with E-state index in [1.807, 2.05) is 33.2 Å². The molecule has 0 radical (unpaired) electrons. The van der Waals surface area contributed by atoms with Crippen molar-refractivity contribution >= 4 is 51.0 Å². The molecular weight excluding hydrogens is 623 g/mol. The molecule has 2 aromatic carbocycles. The monoisotopic (exact) mass is 646 g/mol. The van der Waals surface area contributed by atoms with Crippen molar-refractivity contribution in [3.05, 3.63) is 108 Å². The molecule has 0 aliphatic carbocycles. The minimum absolute atomic E-state index is 0. The van der Waals surface area contributed by atoms with E-state index in [9.17, 15) is 13.7 Å². The molecule has 4 aromatic rings. The quantitative estimate of drug-likeness (QED) is 0.273. The highest BCUT2D eigenvalue weighted by atomic mass is 127. The van der Waals surface area contributed by atoms with E-state index in [1.165, 1.54) is 0 Å². The van der Waals surface area contributed by atoms with Crippen LogP contribution in [-0.4, -0.2) is 38.1 Å². The van der Waals surface area contributed by atoms with Crippen LogP contribution in [0.15, 0.2) is 90.5 Å². The fraction of sp³-hybridized carbons (Fsp3) is 0.192. The van der Waals surface area contributed by atoms with Gasteiger partial charge in [-0.15, -0.1) is 12.4 Å². The summed E-state index contributed by atoms with van der Waals surface area (Å²) in [4.78, 5) is 11.1. The lowest BCUT2D eigenvalue weighted by Gasteiger charge is -2.40. The molecule has 0 saturated heterocycles. The zero-order valence-electron chi connectivity index (χ0n) is 19.7. The Hall–Kier alpha value is -2.98. The Bertz CT molecular complexity index is 1510. The highest BCUT2D eigenvalue weighted by molar-refractivity contribution is 14.1. The Morgan fingerprint density at radius 3 is 2.62 bits per heavy atom. The fourth-order valence-corrected chi connectivity index (χ4v) is 6.64. The summed E-state index contributed by atoms with van der Waals surface area (Å²) in [5, 5.41) is 9.50. The predicted octanol–water partition coefficient (Wildman–Crippen LogP) is 4.59. The summed E-state index contributed by atoms with van der Waals surface area (Å²) in [6.45, 7) is 1.20. The lowest BCUT2D eigenvalue weighted by Crippen LogP contribution is -2.50. The number of aromatic nitrogens is 3. The normalized spacial score (nSPS) is 15.1. The highest BCUT2D eigenvalue weighted by Crippen LogP contribution is 2.33. The molecular formula is C26H24ClIN6O2S. The molecule has 1 atom stereocenters. The number of pyridine rings is 1. The van der Waals surface area contributed by atoms with Crippen LogP contribution < -0.4 is 4.90 Å². The number of nitriles is 1. The van der Waals surface area contributed by atoms with E-state index < -0.39 is 10.0 Å². The van der Waals surface area contributed by atoms with Crippen LogP contribution in [-0.2, 0) is 29.5 Å². The predicted molar refractivity (Wildman–Crippen MR) is 152 cm³/mol. The highest BCUT2D eigenvalue weighted by Gasteiger charge is 2.36. The van der Waals surface area contributed by atoms with Crippen molar-refractivity contribution in [2.24, 2.45) is 0 Å². The van der Waals surface area contributed by atoms with E-state index >= 15 is 0 Å². The molecule has 0 fully saturated rings. The van der Waals surface area contributed by atoms with Crippen molar-refractivity contribution in [1.82, 2.24) is 17.1 Å². The number of rotatable bonds is 7. The van der Waals surface area contributed by atoms with Crippen LogP contribution >= 0.6 is 35.3 Å². The molecule has 3 heterocycles. The van der Waals surface area contributed by atoms with E-state index in [-0.39, 0.29) is 29.9 Å². The third-order valence-corrected chi connectivity index (χ3v) is 8.65. The number of fused-ring (bicyclic) bond motifs is 1. The van der Waals surface area contributed by atoms with Crippen LogP contribution in [0.2, 0.25) is 0 Å². The summed E-state index contributed by atoms with van der Waals surface area (Å²) in [6, 6.07) is 19.7. The number of hydrogen-bond donors (Lipinski definition) is 0. The minimum Gasteiger partial charge on any atom is -0.364 e. The Kier molecular flexibility index (Phi) is 8.49. The second kappa shape index (κ2) is 11.6. The lowest BCUT2D eigenvalue weighted by molar-refractivity contribution is 0.302. The first-order chi connectivity index (χ1) is 17.4. The molecule has 2 aromatic heterocycles. The van der Waals surface area contributed by atoms with Gasteiger partial charge < -0.3 is 4.90 Å². The van der Waals surface area contributed by atoms with Gasteiger partial charge in [0.05, 0.1) is 51.6 Å². The Balaban J connectivity index is 0.00000320. The number of halogens is 2. The maximum Gasteiger partial charge on any atom is 0.243 e. The summed E-state index contributed by atoms with van der Waals surface area (Å²) >= 11 is 2.15. The van der Waals surface area contributed by atoms with Gasteiger partial charge in [0.15, 0.2) is 0 Å². The number of hydrogen-bond acceptors (Lipinski definition) is 6. The first-order valence-corrected chi connectivity index (χ1v) is 13.8. The zero-order valence-corrected chi connectivity index (χ0v) is 23.5. The van der Waals surface area contributed by atoms with Crippen LogP contribution in [0, 0.1) is 11.3 Å². The molecule has 1 aliphatic heterocycles. The number of nitrogens with zero attached hydrogens (tertiary/aromatic N) is 6. The van der Waals surface area contributed by atoms with Crippen LogP contribution in [0.25, 0.3) is 0 Å². The molecule has 37 heavy (non-hydrogen) atoms. The Labute approximate surface area is 236 Å². The van der Waals surface area contributed by atoms with Gasteiger partial charge in [-0.1, -0.05) is 24.3 Å². The third-order valence-electron chi connectivity index (χ3n) is 6.21. The van der Waals surface area contributed by atoms with E-state index in [1.54, 1.807) is 59.4 Å². The SMILES string of the molecule is Cl.N#Cc1ccc2c(c1)CC(N(Cc1cccnc1)S(=O)(=O)c1ccccc1)CN2Cc1cn(I)cn1. The van der Waals surface area contributed by atoms with E-state index in [4.69, 9.17) is 0 Å². The smallest absolute Gasteiger partial charge is 0.243 e. The largest absolute Gasteiger partial charge is 0.364 e. The van der Waals surface area contributed by atoms with Gasteiger partial charge in [-0.25, -0.2) is 13.4 Å². The molecule has 0 N–H and O–H groups in total. The van der Waals surface area contributed by atoms with Crippen molar-refractivity contribution in [2.75, 3.05) is 11.4 Å². The lowest BCUT2D eigenvalue weighted by atomic mass is 9.95. The summed E-state index contributed by atoms with van der Waals surface area (Å²) in [5.41, 5.74) is 4.18. The van der Waals surface area contributed by atoms with Crippen molar-refractivity contribution in [3.8, 4) is 6.07 Å². The van der Waals surface area contributed by atoms with Gasteiger partial charge in [0, 0.05) is 43.4 Å². The van der Waals surface area contributed by atoms with Gasteiger partial charge in [0.25, 0.3) is 0 Å². The first-order valence-electron chi connectivity index (χ1n) is 11.4. The topological polar surface area (TPSA) is 95.1 Å². The van der Waals surface area contributed by atoms with Crippen molar-refractivity contribution in [3.63, 3.8) is 0 Å². The van der Waals surface area contributed by atoms with Gasteiger partial charge in [0.2, 0.25) is 10.0 Å². The average Bonchev–Trinajstić information content (AvgIpc) is 3.32. The molecule has 0 bridgehead atoms. The standard InChI is InChI=1S/C26H23IN6O2S.ClH/c27-32-17-23(30-19-32)16-31-18-24(12-22-11-20(13-28)8-9-26(22)31)33(15-21-5-4-10-29-14-21)36(34,35)25-6-2-1-3-7-25;/h1-11,14,17,19,24H,12,15-16,18H2;1H. The third kappa shape index (κ3) is 5.96. The van der Waals surface area contributed by atoms with E-state index in [0.29, 0.717) is 25.1 Å². The Morgan fingerprint density at radius 2 is 1.95 bits per heavy atom. The fourth-order valence-electron chi connectivity index (χ4n) is 4.57. The summed E-state index contributed by atoms with van der Waals surface area (Å²) in [6.07, 6.45) is 7.55. The van der Waals surface area contributed by atoms with Crippen LogP contribution in [0.4, 0.5) is 5.69 Å². The minimum atomic E-state index is -3.82. The van der Waals surface area contributed by atoms with Gasteiger partial charge in [-0.2, -0.15) is 9.57 Å². The molecule has 11 heteroatoms. The van der Waals surface area contributed by atoms with Crippen molar-refractivity contribution in [1.29, 1.82) is 5.26 Å². The second-order valence-corrected chi connectivity index (χ2v) is 11.6. The van der Waals surface area contributed by atoms with E-state index in [0.717, 1.165) is 22.5 Å². The summed E-state index contributed by atoms with van der Waals surface area (Å²) < 4.78 is 31.4.